The number of nitrogens with two attached hydrogens (primary N) is 1. The zero-order chi connectivity index (χ0) is 18.6. The van der Waals surface area contributed by atoms with Crippen LogP contribution in [-0.2, 0) is 14.8 Å². The number of anilines is 2. The van der Waals surface area contributed by atoms with Gasteiger partial charge in [0, 0.05) is 0 Å². The molecule has 1 heterocycles. The Hall–Kier alpha value is -3.48. The summed E-state index contributed by atoms with van der Waals surface area (Å²) in [6.07, 6.45) is 0. The topological polar surface area (TPSA) is 186 Å². The normalized spacial score (nSPS) is 10.8. The van der Waals surface area contributed by atoms with E-state index < -0.39 is 38.6 Å². The molecule has 0 fully saturated rings. The highest BCUT2D eigenvalue weighted by atomic mass is 32.2. The van der Waals surface area contributed by atoms with Crippen molar-refractivity contribution in [1.82, 2.24) is 19.7 Å². The summed E-state index contributed by atoms with van der Waals surface area (Å²) in [5.41, 5.74) is 4.12. The Kier molecular flexibility index (Phi) is 4.97. The largest absolute Gasteiger partial charge is 0.465 e. The summed E-state index contributed by atoms with van der Waals surface area (Å²) in [6, 6.07) is 3.87. The van der Waals surface area contributed by atoms with Crippen molar-refractivity contribution in [3.05, 3.63) is 40.3 Å². The minimum Gasteiger partial charge on any atom is -0.465 e. The van der Waals surface area contributed by atoms with Gasteiger partial charge in [0.2, 0.25) is 11.9 Å². The lowest BCUT2D eigenvalue weighted by atomic mass is 10.2. The highest BCUT2D eigenvalue weighted by Crippen LogP contribution is 2.16. The van der Waals surface area contributed by atoms with Gasteiger partial charge < -0.3 is 10.5 Å². The van der Waals surface area contributed by atoms with Gasteiger partial charge in [-0.25, -0.2) is 27.5 Å². The monoisotopic (exact) mass is 368 g/mol. The lowest BCUT2D eigenvalue weighted by Gasteiger charge is -2.10. The Bertz CT molecular complexity index is 986. The van der Waals surface area contributed by atoms with Crippen molar-refractivity contribution >= 4 is 33.9 Å². The number of nitrogens with one attached hydrogen (secondary N) is 3. The summed E-state index contributed by atoms with van der Waals surface area (Å²) in [5, 5.41) is 1.94. The number of hydrogen-bond donors (Lipinski definition) is 4. The van der Waals surface area contributed by atoms with Crippen LogP contribution in [0.25, 0.3) is 0 Å². The molecule has 0 saturated carbocycles. The first-order valence-corrected chi connectivity index (χ1v) is 7.96. The van der Waals surface area contributed by atoms with Crippen molar-refractivity contribution < 1.29 is 22.7 Å². The minimum atomic E-state index is -4.42. The standard InChI is InChI=1S/C12H12N6O6S/c1-24-8(19)6-4-2-3-5-7(6)25(22,23)18-12(21)17-10-14-9(13)15-11(20)16-10/h2-5H,1H3,(H5,13,14,15,16,17,18,20,21). The number of hydrogen-bond acceptors (Lipinski definition) is 9. The molecule has 13 heteroatoms. The van der Waals surface area contributed by atoms with Crippen molar-refractivity contribution in [2.24, 2.45) is 0 Å². The number of benzene rings is 1. The molecule has 2 amide bonds. The van der Waals surface area contributed by atoms with Gasteiger partial charge in [-0.3, -0.25) is 10.3 Å². The number of aromatic amines is 1. The van der Waals surface area contributed by atoms with E-state index in [0.29, 0.717) is 0 Å². The molecule has 132 valence electrons. The molecule has 0 aliphatic carbocycles. The molecule has 0 bridgehead atoms. The number of methoxy groups -OCH3 is 1. The molecular formula is C12H12N6O6S. The quantitative estimate of drug-likeness (QED) is 0.493. The molecular weight excluding hydrogens is 356 g/mol. The Morgan fingerprint density at radius 3 is 2.56 bits per heavy atom. The molecule has 0 radical (unpaired) electrons. The average Bonchev–Trinajstić information content (AvgIpc) is 2.52. The number of nitrogen functional groups attached to an aromatic ring is 1. The van der Waals surface area contributed by atoms with Gasteiger partial charge in [-0.05, 0) is 12.1 Å². The number of sulfonamides is 1. The summed E-state index contributed by atoms with van der Waals surface area (Å²) >= 11 is 0. The minimum absolute atomic E-state index is 0.262. The van der Waals surface area contributed by atoms with Crippen LogP contribution in [0.5, 0.6) is 0 Å². The van der Waals surface area contributed by atoms with Crippen molar-refractivity contribution in [3.63, 3.8) is 0 Å². The maximum absolute atomic E-state index is 12.3. The zero-order valence-corrected chi connectivity index (χ0v) is 13.5. The van der Waals surface area contributed by atoms with E-state index in [1.165, 1.54) is 18.2 Å². The van der Waals surface area contributed by atoms with Gasteiger partial charge in [0.15, 0.2) is 0 Å². The van der Waals surface area contributed by atoms with E-state index in [2.05, 4.69) is 14.7 Å². The Morgan fingerprint density at radius 1 is 1.24 bits per heavy atom. The lowest BCUT2D eigenvalue weighted by molar-refractivity contribution is 0.0596. The van der Waals surface area contributed by atoms with Crippen molar-refractivity contribution in [1.29, 1.82) is 0 Å². The van der Waals surface area contributed by atoms with E-state index in [0.717, 1.165) is 13.2 Å². The predicted octanol–water partition coefficient (Wildman–Crippen LogP) is -0.956. The van der Waals surface area contributed by atoms with Gasteiger partial charge in [-0.15, -0.1) is 0 Å². The van der Waals surface area contributed by atoms with E-state index in [4.69, 9.17) is 5.73 Å². The number of urea groups is 1. The maximum atomic E-state index is 12.3. The van der Waals surface area contributed by atoms with Crippen LogP contribution in [0.2, 0.25) is 0 Å². The molecule has 0 saturated heterocycles. The van der Waals surface area contributed by atoms with Gasteiger partial charge in [-0.2, -0.15) is 9.97 Å². The molecule has 1 aromatic carbocycles. The number of carbonyl (C=O) groups is 2. The third-order valence-corrected chi connectivity index (χ3v) is 4.09. The van der Waals surface area contributed by atoms with Gasteiger partial charge in [0.25, 0.3) is 10.0 Å². The molecule has 25 heavy (non-hydrogen) atoms. The van der Waals surface area contributed by atoms with E-state index >= 15 is 0 Å². The molecule has 2 aromatic rings. The van der Waals surface area contributed by atoms with Crippen LogP contribution in [0.4, 0.5) is 16.7 Å². The molecule has 0 aliphatic heterocycles. The highest BCUT2D eigenvalue weighted by molar-refractivity contribution is 7.90. The summed E-state index contributed by atoms with van der Waals surface area (Å²) in [7, 11) is -3.34. The second kappa shape index (κ2) is 6.96. The van der Waals surface area contributed by atoms with E-state index in [1.807, 2.05) is 10.3 Å². The summed E-state index contributed by atoms with van der Waals surface area (Å²) < 4.78 is 30.7. The van der Waals surface area contributed by atoms with Gasteiger partial charge in [0.1, 0.15) is 4.90 Å². The smallest absolute Gasteiger partial charge is 0.350 e. The van der Waals surface area contributed by atoms with Crippen LogP contribution in [0.15, 0.2) is 34.0 Å². The first-order chi connectivity index (χ1) is 11.7. The first-order valence-electron chi connectivity index (χ1n) is 6.48. The van der Waals surface area contributed by atoms with Crippen LogP contribution < -0.4 is 21.5 Å². The first kappa shape index (κ1) is 17.9. The van der Waals surface area contributed by atoms with Crippen LogP contribution in [0.1, 0.15) is 10.4 Å². The maximum Gasteiger partial charge on any atom is 0.350 e. The molecule has 12 nitrogen and oxygen atoms in total. The highest BCUT2D eigenvalue weighted by Gasteiger charge is 2.24. The predicted molar refractivity (Wildman–Crippen MR) is 84.2 cm³/mol. The second-order valence-corrected chi connectivity index (χ2v) is 6.06. The van der Waals surface area contributed by atoms with Crippen molar-refractivity contribution in [2.45, 2.75) is 4.90 Å². The number of rotatable bonds is 4. The van der Waals surface area contributed by atoms with Crippen molar-refractivity contribution in [2.75, 3.05) is 18.2 Å². The molecule has 0 spiro atoms. The SMILES string of the molecule is COC(=O)c1ccccc1S(=O)(=O)NC(=O)Nc1nc(N)[nH]c(=O)n1. The second-order valence-electron chi connectivity index (χ2n) is 4.41. The lowest BCUT2D eigenvalue weighted by Crippen LogP contribution is -2.36. The number of nitrogens with zero attached hydrogens (tertiary/aromatic N) is 2. The Labute approximate surface area is 140 Å². The fourth-order valence-electron chi connectivity index (χ4n) is 1.74. The molecule has 1 aromatic heterocycles. The van der Waals surface area contributed by atoms with Gasteiger partial charge in [-0.1, -0.05) is 12.1 Å². The van der Waals surface area contributed by atoms with Crippen LogP contribution in [0, 0.1) is 0 Å². The number of esters is 1. The average molecular weight is 368 g/mol. The zero-order valence-electron chi connectivity index (χ0n) is 12.6. The fraction of sp³-hybridized carbons (Fsp3) is 0.0833. The summed E-state index contributed by atoms with van der Waals surface area (Å²) in [5.74, 6) is -1.73. The van der Waals surface area contributed by atoms with Crippen LogP contribution in [-0.4, -0.2) is 42.5 Å². The van der Waals surface area contributed by atoms with Gasteiger partial charge >= 0.3 is 17.7 Å². The number of ether oxygens (including phenoxy) is 1. The molecule has 0 aliphatic rings. The van der Waals surface area contributed by atoms with Crippen molar-refractivity contribution in [3.8, 4) is 0 Å². The molecule has 0 atom stereocenters. The Balaban J connectivity index is 2.25. The number of H-pyrrole nitrogens is 1. The van der Waals surface area contributed by atoms with E-state index in [-0.39, 0.29) is 11.5 Å². The van der Waals surface area contributed by atoms with E-state index in [1.54, 1.807) is 4.72 Å². The third kappa shape index (κ3) is 4.29. The molecule has 2 rings (SSSR count). The summed E-state index contributed by atoms with van der Waals surface area (Å²) in [6.45, 7) is 0. The number of aromatic nitrogens is 3. The number of amides is 2. The fourth-order valence-corrected chi connectivity index (χ4v) is 2.84. The third-order valence-electron chi connectivity index (χ3n) is 2.70. The molecule has 5 N–H and O–H groups in total. The number of carbonyl (C=O) groups excluding carboxylic acids is 2. The van der Waals surface area contributed by atoms with Gasteiger partial charge in [0.05, 0.1) is 12.7 Å². The van der Waals surface area contributed by atoms with E-state index in [9.17, 15) is 22.8 Å². The van der Waals surface area contributed by atoms with Crippen LogP contribution >= 0.6 is 0 Å². The summed E-state index contributed by atoms with van der Waals surface area (Å²) in [4.78, 5) is 43.0. The van der Waals surface area contributed by atoms with Crippen LogP contribution in [0.3, 0.4) is 0 Å². The molecule has 0 unspecified atom stereocenters. The Morgan fingerprint density at radius 2 is 1.92 bits per heavy atom.